The molecule has 31 heavy (non-hydrogen) atoms. The Balaban J connectivity index is 1.58. The Morgan fingerprint density at radius 2 is 2.03 bits per heavy atom. The van der Waals surface area contributed by atoms with Crippen LogP contribution >= 0.6 is 22.7 Å². The zero-order chi connectivity index (χ0) is 22.2. The van der Waals surface area contributed by atoms with E-state index in [-0.39, 0.29) is 12.1 Å². The number of nitrogens with one attached hydrogen (secondary N) is 2. The van der Waals surface area contributed by atoms with Gasteiger partial charge in [0.05, 0.1) is 23.7 Å². The van der Waals surface area contributed by atoms with Crippen molar-refractivity contribution in [1.82, 2.24) is 9.55 Å². The van der Waals surface area contributed by atoms with Gasteiger partial charge in [-0.05, 0) is 36.1 Å². The van der Waals surface area contributed by atoms with Crippen molar-refractivity contribution in [3.63, 3.8) is 0 Å². The zero-order valence-electron chi connectivity index (χ0n) is 16.6. The average Bonchev–Trinajstić information content (AvgIpc) is 3.35. The van der Waals surface area contributed by atoms with Crippen LogP contribution in [0, 0.1) is 6.92 Å². The maximum absolute atomic E-state index is 13.0. The number of hydrogen-bond acceptors (Lipinski definition) is 7. The monoisotopic (exact) mass is 474 g/mol. The Bertz CT molecular complexity index is 1440. The molecule has 4 aromatic rings. The molecule has 0 saturated heterocycles. The minimum Gasteiger partial charge on any atom is -0.324 e. The standard InChI is InChI=1S/C20H18N4O4S3/c1-12-5-6-13(8-15(12)23-31(2,27)28)22-17(25)9-24-11-21-19-18(20(24)26)14(10-30-19)16-4-3-7-29-16/h3-8,10-11,23H,9H2,1-2H3,(H,22,25). The molecular formula is C20H18N4O4S3. The first-order chi connectivity index (χ1) is 14.7. The van der Waals surface area contributed by atoms with Gasteiger partial charge in [-0.1, -0.05) is 12.1 Å². The highest BCUT2D eigenvalue weighted by Crippen LogP contribution is 2.33. The molecular weight excluding hydrogens is 456 g/mol. The second-order valence-corrected chi connectivity index (χ2v) is 10.5. The minimum atomic E-state index is -3.45. The van der Waals surface area contributed by atoms with Crippen molar-refractivity contribution < 1.29 is 13.2 Å². The second kappa shape index (κ2) is 8.25. The number of benzene rings is 1. The van der Waals surface area contributed by atoms with Gasteiger partial charge < -0.3 is 5.32 Å². The summed E-state index contributed by atoms with van der Waals surface area (Å²) >= 11 is 2.92. The maximum atomic E-state index is 13.0. The van der Waals surface area contributed by atoms with Crippen molar-refractivity contribution in [3.05, 3.63) is 63.3 Å². The first-order valence-electron chi connectivity index (χ1n) is 9.10. The predicted molar refractivity (Wildman–Crippen MR) is 125 cm³/mol. The number of carbonyl (C=O) groups is 1. The third-order valence-corrected chi connectivity index (χ3v) is 6.86. The number of thiophene rings is 2. The van der Waals surface area contributed by atoms with Crippen LogP contribution in [0.4, 0.5) is 11.4 Å². The minimum absolute atomic E-state index is 0.218. The van der Waals surface area contributed by atoms with E-state index in [2.05, 4.69) is 15.0 Å². The fraction of sp³-hybridized carbons (Fsp3) is 0.150. The highest BCUT2D eigenvalue weighted by atomic mass is 32.2. The molecule has 0 aliphatic carbocycles. The van der Waals surface area contributed by atoms with E-state index in [0.29, 0.717) is 27.2 Å². The van der Waals surface area contributed by atoms with Crippen LogP contribution in [-0.2, 0) is 21.4 Å². The number of aryl methyl sites for hydroxylation is 1. The van der Waals surface area contributed by atoms with Gasteiger partial charge in [-0.2, -0.15) is 0 Å². The van der Waals surface area contributed by atoms with E-state index in [1.54, 1.807) is 19.1 Å². The molecule has 0 radical (unpaired) electrons. The van der Waals surface area contributed by atoms with Gasteiger partial charge in [0.25, 0.3) is 5.56 Å². The Kier molecular flexibility index (Phi) is 5.65. The van der Waals surface area contributed by atoms with Crippen LogP contribution in [0.2, 0.25) is 0 Å². The Morgan fingerprint density at radius 3 is 2.74 bits per heavy atom. The van der Waals surface area contributed by atoms with Gasteiger partial charge in [0.15, 0.2) is 0 Å². The summed E-state index contributed by atoms with van der Waals surface area (Å²) in [5.74, 6) is -0.426. The van der Waals surface area contributed by atoms with Gasteiger partial charge in [-0.3, -0.25) is 18.9 Å². The van der Waals surface area contributed by atoms with Crippen molar-refractivity contribution in [2.45, 2.75) is 13.5 Å². The topological polar surface area (TPSA) is 110 Å². The molecule has 0 spiro atoms. The molecule has 0 bridgehead atoms. The lowest BCUT2D eigenvalue weighted by atomic mass is 10.2. The first-order valence-corrected chi connectivity index (χ1v) is 12.7. The number of carbonyl (C=O) groups excluding carboxylic acids is 1. The second-order valence-electron chi connectivity index (χ2n) is 6.94. The van der Waals surface area contributed by atoms with E-state index in [0.717, 1.165) is 16.7 Å². The number of fused-ring (bicyclic) bond motifs is 1. The van der Waals surface area contributed by atoms with Crippen molar-refractivity contribution in [2.24, 2.45) is 0 Å². The van der Waals surface area contributed by atoms with Gasteiger partial charge in [-0.25, -0.2) is 13.4 Å². The number of sulfonamides is 1. The Morgan fingerprint density at radius 1 is 1.23 bits per heavy atom. The van der Waals surface area contributed by atoms with Gasteiger partial charge >= 0.3 is 0 Å². The summed E-state index contributed by atoms with van der Waals surface area (Å²) in [6, 6.07) is 8.75. The number of rotatable bonds is 6. The summed E-state index contributed by atoms with van der Waals surface area (Å²) < 4.78 is 26.7. The van der Waals surface area contributed by atoms with Gasteiger partial charge in [-0.15, -0.1) is 22.7 Å². The molecule has 0 atom stereocenters. The highest BCUT2D eigenvalue weighted by Gasteiger charge is 2.15. The van der Waals surface area contributed by atoms with E-state index in [1.165, 1.54) is 39.6 Å². The molecule has 8 nitrogen and oxygen atoms in total. The van der Waals surface area contributed by atoms with Crippen LogP contribution in [-0.4, -0.2) is 30.1 Å². The van der Waals surface area contributed by atoms with E-state index in [4.69, 9.17) is 0 Å². The molecule has 11 heteroatoms. The molecule has 0 fully saturated rings. The molecule has 3 heterocycles. The molecule has 2 N–H and O–H groups in total. The summed E-state index contributed by atoms with van der Waals surface area (Å²) in [6.07, 6.45) is 2.42. The fourth-order valence-electron chi connectivity index (χ4n) is 3.06. The number of aromatic nitrogens is 2. The quantitative estimate of drug-likeness (QED) is 0.444. The normalized spacial score (nSPS) is 11.5. The summed E-state index contributed by atoms with van der Waals surface area (Å²) in [4.78, 5) is 31.5. The molecule has 3 aromatic heterocycles. The molecule has 1 aromatic carbocycles. The molecule has 1 amide bonds. The van der Waals surface area contributed by atoms with E-state index in [9.17, 15) is 18.0 Å². The summed E-state index contributed by atoms with van der Waals surface area (Å²) in [7, 11) is -3.45. The average molecular weight is 475 g/mol. The van der Waals surface area contributed by atoms with Crippen LogP contribution in [0.1, 0.15) is 5.56 Å². The lowest BCUT2D eigenvalue weighted by Gasteiger charge is -2.12. The molecule has 4 rings (SSSR count). The smallest absolute Gasteiger partial charge is 0.263 e. The van der Waals surface area contributed by atoms with E-state index < -0.39 is 15.9 Å². The Labute approximate surface area is 186 Å². The van der Waals surface area contributed by atoms with Crippen LogP contribution in [0.3, 0.4) is 0 Å². The maximum Gasteiger partial charge on any atom is 0.263 e. The predicted octanol–water partition coefficient (Wildman–Crippen LogP) is 3.51. The molecule has 0 aliphatic heterocycles. The van der Waals surface area contributed by atoms with Crippen molar-refractivity contribution >= 4 is 60.2 Å². The summed E-state index contributed by atoms with van der Waals surface area (Å²) in [5.41, 5.74) is 2.04. The van der Waals surface area contributed by atoms with Crippen LogP contribution in [0.15, 0.2) is 52.2 Å². The molecule has 0 saturated carbocycles. The van der Waals surface area contributed by atoms with Crippen molar-refractivity contribution in [2.75, 3.05) is 16.3 Å². The Hall–Kier alpha value is -3.02. The summed E-state index contributed by atoms with van der Waals surface area (Å²) in [6.45, 7) is 1.54. The van der Waals surface area contributed by atoms with Crippen LogP contribution in [0.25, 0.3) is 20.7 Å². The zero-order valence-corrected chi connectivity index (χ0v) is 19.0. The first kappa shape index (κ1) is 21.2. The lowest BCUT2D eigenvalue weighted by molar-refractivity contribution is -0.116. The highest BCUT2D eigenvalue weighted by molar-refractivity contribution is 7.92. The largest absolute Gasteiger partial charge is 0.324 e. The van der Waals surface area contributed by atoms with Crippen LogP contribution < -0.4 is 15.6 Å². The number of nitrogens with zero attached hydrogens (tertiary/aromatic N) is 2. The molecule has 0 aliphatic rings. The molecule has 160 valence electrons. The van der Waals surface area contributed by atoms with Gasteiger partial charge in [0.1, 0.15) is 11.4 Å². The fourth-order valence-corrected chi connectivity index (χ4v) is 5.40. The van der Waals surface area contributed by atoms with E-state index >= 15 is 0 Å². The summed E-state index contributed by atoms with van der Waals surface area (Å²) in [5, 5.41) is 7.04. The third-order valence-electron chi connectivity index (χ3n) is 4.48. The molecule has 0 unspecified atom stereocenters. The number of anilines is 2. The number of amides is 1. The van der Waals surface area contributed by atoms with Crippen LogP contribution in [0.5, 0.6) is 0 Å². The third kappa shape index (κ3) is 4.68. The van der Waals surface area contributed by atoms with E-state index in [1.807, 2.05) is 22.9 Å². The van der Waals surface area contributed by atoms with Gasteiger partial charge in [0, 0.05) is 21.5 Å². The van der Waals surface area contributed by atoms with Crippen molar-refractivity contribution in [3.8, 4) is 10.4 Å². The lowest BCUT2D eigenvalue weighted by Crippen LogP contribution is -2.27. The van der Waals surface area contributed by atoms with Gasteiger partial charge in [0.2, 0.25) is 15.9 Å². The SMILES string of the molecule is Cc1ccc(NC(=O)Cn2cnc3scc(-c4cccs4)c3c2=O)cc1NS(C)(=O)=O. The van der Waals surface area contributed by atoms with Crippen molar-refractivity contribution in [1.29, 1.82) is 0 Å². The number of hydrogen-bond donors (Lipinski definition) is 2.